The molecule has 1 aliphatic carbocycles. The molecule has 60 valence electrons. The summed E-state index contributed by atoms with van der Waals surface area (Å²) in [5.41, 5.74) is -1.17. The standard InChI is InChI=1S/C8H8ClFO/c1-5-3-7(11)6(9)4-8(5,2)10/h3-4H,1-2H3. The minimum atomic E-state index is -1.56. The van der Waals surface area contributed by atoms with Crippen molar-refractivity contribution in [1.29, 1.82) is 0 Å². The van der Waals surface area contributed by atoms with Gasteiger partial charge in [-0.05, 0) is 31.6 Å². The van der Waals surface area contributed by atoms with Crippen LogP contribution in [0.2, 0.25) is 0 Å². The normalized spacial score (nSPS) is 31.5. The number of rotatable bonds is 0. The van der Waals surface area contributed by atoms with Crippen LogP contribution in [-0.4, -0.2) is 11.5 Å². The zero-order valence-corrected chi connectivity index (χ0v) is 7.07. The molecule has 1 aliphatic rings. The lowest BCUT2D eigenvalue weighted by Crippen LogP contribution is -2.22. The minimum Gasteiger partial charge on any atom is -0.288 e. The van der Waals surface area contributed by atoms with Gasteiger partial charge in [0.2, 0.25) is 0 Å². The van der Waals surface area contributed by atoms with Crippen LogP contribution in [0.1, 0.15) is 13.8 Å². The Kier molecular flexibility index (Phi) is 1.89. The molecule has 0 bridgehead atoms. The van der Waals surface area contributed by atoms with Crippen LogP contribution in [0.15, 0.2) is 22.8 Å². The third-order valence-corrected chi connectivity index (χ3v) is 2.05. The van der Waals surface area contributed by atoms with Crippen molar-refractivity contribution in [3.63, 3.8) is 0 Å². The molecular formula is C8H8ClFO. The van der Waals surface area contributed by atoms with E-state index in [2.05, 4.69) is 0 Å². The zero-order chi connectivity index (χ0) is 8.65. The molecule has 1 unspecified atom stereocenters. The quantitative estimate of drug-likeness (QED) is 0.551. The van der Waals surface area contributed by atoms with Gasteiger partial charge in [0.15, 0.2) is 5.78 Å². The van der Waals surface area contributed by atoms with Gasteiger partial charge >= 0.3 is 0 Å². The molecule has 0 saturated heterocycles. The highest BCUT2D eigenvalue weighted by Crippen LogP contribution is 2.29. The molecule has 11 heavy (non-hydrogen) atoms. The summed E-state index contributed by atoms with van der Waals surface area (Å²) < 4.78 is 13.3. The molecule has 1 nitrogen and oxygen atoms in total. The first-order chi connectivity index (χ1) is 4.93. The van der Waals surface area contributed by atoms with Crippen LogP contribution in [0.25, 0.3) is 0 Å². The fourth-order valence-corrected chi connectivity index (χ4v) is 1.09. The van der Waals surface area contributed by atoms with Crippen molar-refractivity contribution in [2.75, 3.05) is 0 Å². The highest BCUT2D eigenvalue weighted by molar-refractivity contribution is 6.44. The van der Waals surface area contributed by atoms with Crippen LogP contribution in [0.4, 0.5) is 4.39 Å². The van der Waals surface area contributed by atoms with Crippen molar-refractivity contribution in [2.45, 2.75) is 19.5 Å². The molecule has 0 aliphatic heterocycles. The summed E-state index contributed by atoms with van der Waals surface area (Å²) in [5, 5.41) is -0.0411. The summed E-state index contributed by atoms with van der Waals surface area (Å²) in [4.78, 5) is 10.8. The zero-order valence-electron chi connectivity index (χ0n) is 6.32. The monoisotopic (exact) mass is 174 g/mol. The van der Waals surface area contributed by atoms with E-state index in [0.29, 0.717) is 5.57 Å². The number of alkyl halides is 1. The molecule has 0 heterocycles. The van der Waals surface area contributed by atoms with Crippen molar-refractivity contribution < 1.29 is 9.18 Å². The maximum Gasteiger partial charge on any atom is 0.197 e. The molecule has 0 fully saturated rings. The number of ketones is 1. The largest absolute Gasteiger partial charge is 0.288 e. The summed E-state index contributed by atoms with van der Waals surface area (Å²) in [5.74, 6) is -0.320. The SMILES string of the molecule is CC1=CC(=O)C(Cl)=CC1(C)F. The number of carbonyl (C=O) groups is 1. The minimum absolute atomic E-state index is 0.0411. The van der Waals surface area contributed by atoms with Gasteiger partial charge in [-0.15, -0.1) is 0 Å². The predicted molar refractivity (Wildman–Crippen MR) is 42.2 cm³/mol. The van der Waals surface area contributed by atoms with Crippen LogP contribution in [0.3, 0.4) is 0 Å². The molecule has 0 aromatic carbocycles. The number of hydrogen-bond acceptors (Lipinski definition) is 1. The topological polar surface area (TPSA) is 17.1 Å². The van der Waals surface area contributed by atoms with E-state index in [9.17, 15) is 9.18 Å². The molecule has 0 amide bonds. The van der Waals surface area contributed by atoms with Gasteiger partial charge in [0, 0.05) is 0 Å². The van der Waals surface area contributed by atoms with E-state index in [4.69, 9.17) is 11.6 Å². The van der Waals surface area contributed by atoms with Crippen molar-refractivity contribution >= 4 is 17.4 Å². The van der Waals surface area contributed by atoms with Crippen molar-refractivity contribution in [2.24, 2.45) is 0 Å². The van der Waals surface area contributed by atoms with Gasteiger partial charge in [-0.1, -0.05) is 11.6 Å². The number of halogens is 2. The first kappa shape index (κ1) is 8.47. The lowest BCUT2D eigenvalue weighted by Gasteiger charge is -2.20. The molecule has 0 spiro atoms. The lowest BCUT2D eigenvalue weighted by molar-refractivity contribution is -0.111. The Bertz CT molecular complexity index is 263. The highest BCUT2D eigenvalue weighted by atomic mass is 35.5. The summed E-state index contributed by atoms with van der Waals surface area (Å²) in [6.45, 7) is 2.94. The third kappa shape index (κ3) is 1.51. The van der Waals surface area contributed by atoms with Crippen LogP contribution < -0.4 is 0 Å². The molecular weight excluding hydrogens is 167 g/mol. The Morgan fingerprint density at radius 2 is 2.18 bits per heavy atom. The van der Waals surface area contributed by atoms with E-state index >= 15 is 0 Å². The van der Waals surface area contributed by atoms with E-state index in [1.165, 1.54) is 13.0 Å². The van der Waals surface area contributed by atoms with Crippen LogP contribution >= 0.6 is 11.6 Å². The fraction of sp³-hybridized carbons (Fsp3) is 0.375. The maximum atomic E-state index is 13.3. The van der Waals surface area contributed by atoms with Gasteiger partial charge in [-0.2, -0.15) is 0 Å². The maximum absolute atomic E-state index is 13.3. The van der Waals surface area contributed by atoms with Gasteiger partial charge in [0.05, 0.1) is 5.03 Å². The number of carbonyl (C=O) groups excluding carboxylic acids is 1. The smallest absolute Gasteiger partial charge is 0.197 e. The Balaban J connectivity index is 3.08. The summed E-state index contributed by atoms with van der Waals surface area (Å²) in [7, 11) is 0. The third-order valence-electron chi connectivity index (χ3n) is 1.75. The first-order valence-electron chi connectivity index (χ1n) is 3.24. The van der Waals surface area contributed by atoms with Gasteiger partial charge in [-0.3, -0.25) is 4.79 Å². The molecule has 0 N–H and O–H groups in total. The fourth-order valence-electron chi connectivity index (χ4n) is 0.830. The highest BCUT2D eigenvalue weighted by Gasteiger charge is 2.28. The molecule has 0 aromatic rings. The molecule has 0 aromatic heterocycles. The van der Waals surface area contributed by atoms with E-state index < -0.39 is 5.67 Å². The Hall–Kier alpha value is -0.630. The van der Waals surface area contributed by atoms with Gasteiger partial charge in [0.1, 0.15) is 5.67 Å². The number of allylic oxidation sites excluding steroid dienone is 4. The van der Waals surface area contributed by atoms with E-state index in [1.54, 1.807) is 6.92 Å². The lowest BCUT2D eigenvalue weighted by atomic mass is 9.93. The summed E-state index contributed by atoms with van der Waals surface area (Å²) in [6.07, 6.45) is 2.36. The second kappa shape index (κ2) is 2.45. The molecule has 3 heteroatoms. The van der Waals surface area contributed by atoms with Crippen molar-refractivity contribution in [1.82, 2.24) is 0 Å². The Morgan fingerprint density at radius 1 is 1.64 bits per heavy atom. The van der Waals surface area contributed by atoms with Crippen molar-refractivity contribution in [3.8, 4) is 0 Å². The van der Waals surface area contributed by atoms with Gasteiger partial charge < -0.3 is 0 Å². The summed E-state index contributed by atoms with van der Waals surface area (Å²) in [6, 6.07) is 0. The van der Waals surface area contributed by atoms with Crippen LogP contribution in [0.5, 0.6) is 0 Å². The van der Waals surface area contributed by atoms with E-state index in [0.717, 1.165) is 6.08 Å². The van der Waals surface area contributed by atoms with Crippen molar-refractivity contribution in [3.05, 3.63) is 22.8 Å². The Morgan fingerprint density at radius 3 is 2.64 bits per heavy atom. The molecule has 0 saturated carbocycles. The van der Waals surface area contributed by atoms with E-state index in [-0.39, 0.29) is 10.8 Å². The predicted octanol–water partition coefficient (Wildman–Crippen LogP) is 2.37. The molecule has 1 atom stereocenters. The first-order valence-corrected chi connectivity index (χ1v) is 3.61. The van der Waals surface area contributed by atoms with E-state index in [1.807, 2.05) is 0 Å². The second-order valence-corrected chi connectivity index (χ2v) is 3.17. The van der Waals surface area contributed by atoms with Crippen LogP contribution in [0, 0.1) is 0 Å². The van der Waals surface area contributed by atoms with Gasteiger partial charge in [-0.25, -0.2) is 4.39 Å². The molecule has 0 radical (unpaired) electrons. The molecule has 1 rings (SSSR count). The average Bonchev–Trinajstić information content (AvgIpc) is 1.83. The Labute approximate surface area is 69.5 Å². The van der Waals surface area contributed by atoms with Gasteiger partial charge in [0.25, 0.3) is 0 Å². The van der Waals surface area contributed by atoms with Crippen LogP contribution in [-0.2, 0) is 4.79 Å². The second-order valence-electron chi connectivity index (χ2n) is 2.76. The number of hydrogen-bond donors (Lipinski definition) is 0. The average molecular weight is 175 g/mol. The summed E-state index contributed by atoms with van der Waals surface area (Å²) >= 11 is 5.44.